The average Bonchev–Trinajstić information content (AvgIpc) is 2.40. The summed E-state index contributed by atoms with van der Waals surface area (Å²) in [5.41, 5.74) is 8.24. The fourth-order valence-electron chi connectivity index (χ4n) is 1.98. The highest BCUT2D eigenvalue weighted by Crippen LogP contribution is 2.23. The van der Waals surface area contributed by atoms with Crippen molar-refractivity contribution in [2.45, 2.75) is 18.7 Å². The van der Waals surface area contributed by atoms with Crippen LogP contribution in [0.1, 0.15) is 16.7 Å². The number of nitrogens with one attached hydrogen (secondary N) is 1. The predicted molar refractivity (Wildman–Crippen MR) is 82.3 cm³/mol. The molecule has 0 aliphatic carbocycles. The summed E-state index contributed by atoms with van der Waals surface area (Å²) in [5.74, 6) is 0. The van der Waals surface area contributed by atoms with Crippen LogP contribution in [0.4, 0.5) is 11.4 Å². The fourth-order valence-corrected chi connectivity index (χ4v) is 3.32. The molecular weight excluding hydrogens is 286 g/mol. The van der Waals surface area contributed by atoms with Crippen molar-refractivity contribution in [2.75, 3.05) is 10.5 Å². The van der Waals surface area contributed by atoms with Gasteiger partial charge in [-0.2, -0.15) is 5.26 Å². The Morgan fingerprint density at radius 2 is 1.81 bits per heavy atom. The van der Waals surface area contributed by atoms with E-state index in [1.165, 1.54) is 12.1 Å². The molecule has 0 bridgehead atoms. The van der Waals surface area contributed by atoms with Crippen molar-refractivity contribution < 1.29 is 8.42 Å². The highest BCUT2D eigenvalue weighted by molar-refractivity contribution is 7.92. The highest BCUT2D eigenvalue weighted by Gasteiger charge is 2.18. The topological polar surface area (TPSA) is 96.0 Å². The number of nitrogens with two attached hydrogens (primary N) is 1. The van der Waals surface area contributed by atoms with E-state index in [1.807, 2.05) is 6.07 Å². The van der Waals surface area contributed by atoms with E-state index in [0.717, 1.165) is 5.56 Å². The van der Waals surface area contributed by atoms with Crippen LogP contribution in [0.15, 0.2) is 41.3 Å². The van der Waals surface area contributed by atoms with Gasteiger partial charge in [0.2, 0.25) is 0 Å². The minimum absolute atomic E-state index is 0.165. The minimum Gasteiger partial charge on any atom is -0.399 e. The molecule has 108 valence electrons. The molecule has 0 heterocycles. The monoisotopic (exact) mass is 301 g/mol. The Morgan fingerprint density at radius 3 is 2.43 bits per heavy atom. The van der Waals surface area contributed by atoms with Gasteiger partial charge in [0.25, 0.3) is 10.0 Å². The van der Waals surface area contributed by atoms with Crippen LogP contribution in [0.25, 0.3) is 0 Å². The molecule has 5 nitrogen and oxygen atoms in total. The molecule has 0 aliphatic heterocycles. The molecule has 0 saturated carbocycles. The summed E-state index contributed by atoms with van der Waals surface area (Å²) in [4.78, 5) is 0.165. The molecule has 0 fully saturated rings. The number of nitrogens with zero attached hydrogens (tertiary/aromatic N) is 1. The normalized spacial score (nSPS) is 10.9. The summed E-state index contributed by atoms with van der Waals surface area (Å²) in [6.07, 6.45) is 0. The molecule has 0 aromatic heterocycles. The van der Waals surface area contributed by atoms with E-state index in [2.05, 4.69) is 4.72 Å². The van der Waals surface area contributed by atoms with E-state index in [0.29, 0.717) is 22.5 Å². The van der Waals surface area contributed by atoms with Gasteiger partial charge < -0.3 is 5.73 Å². The lowest BCUT2D eigenvalue weighted by atomic mass is 10.1. The van der Waals surface area contributed by atoms with Crippen LogP contribution < -0.4 is 10.5 Å². The summed E-state index contributed by atoms with van der Waals surface area (Å²) in [6, 6.07) is 11.5. The van der Waals surface area contributed by atoms with Crippen LogP contribution in [0.2, 0.25) is 0 Å². The molecule has 3 N–H and O–H groups in total. The van der Waals surface area contributed by atoms with Crippen LogP contribution in [0, 0.1) is 25.2 Å². The number of sulfonamides is 1. The van der Waals surface area contributed by atoms with Crippen LogP contribution in [0.5, 0.6) is 0 Å². The summed E-state index contributed by atoms with van der Waals surface area (Å²) in [7, 11) is -3.72. The van der Waals surface area contributed by atoms with Crippen molar-refractivity contribution >= 4 is 21.4 Å². The molecule has 0 unspecified atom stereocenters. The first-order valence-electron chi connectivity index (χ1n) is 6.23. The first kappa shape index (κ1) is 14.9. The Bertz CT molecular complexity index is 836. The van der Waals surface area contributed by atoms with Gasteiger partial charge in [-0.3, -0.25) is 4.72 Å². The van der Waals surface area contributed by atoms with E-state index in [1.54, 1.807) is 38.1 Å². The number of nitrogen functional groups attached to an aromatic ring is 1. The maximum atomic E-state index is 12.5. The van der Waals surface area contributed by atoms with Crippen molar-refractivity contribution in [3.63, 3.8) is 0 Å². The number of hydrogen-bond donors (Lipinski definition) is 2. The molecule has 2 aromatic carbocycles. The van der Waals surface area contributed by atoms with E-state index in [4.69, 9.17) is 11.0 Å². The quantitative estimate of drug-likeness (QED) is 0.851. The number of benzene rings is 2. The zero-order chi connectivity index (χ0) is 15.6. The van der Waals surface area contributed by atoms with Crippen LogP contribution in [0.3, 0.4) is 0 Å². The molecule has 2 rings (SSSR count). The standard InChI is InChI=1S/C15H15N3O2S/c1-10-3-4-12(9-16)8-14(10)18-21(19,20)15-6-5-13(17)7-11(15)2/h3-8,18H,17H2,1-2H3. The van der Waals surface area contributed by atoms with Crippen LogP contribution in [-0.2, 0) is 10.0 Å². The lowest BCUT2D eigenvalue weighted by Crippen LogP contribution is -2.15. The zero-order valence-electron chi connectivity index (χ0n) is 11.7. The van der Waals surface area contributed by atoms with Gasteiger partial charge in [0.05, 0.1) is 22.2 Å². The first-order valence-corrected chi connectivity index (χ1v) is 7.71. The van der Waals surface area contributed by atoms with Gasteiger partial charge in [0.15, 0.2) is 0 Å². The lowest BCUT2D eigenvalue weighted by molar-refractivity contribution is 0.600. The van der Waals surface area contributed by atoms with Gasteiger partial charge in [-0.15, -0.1) is 0 Å². The molecule has 6 heteroatoms. The van der Waals surface area contributed by atoms with E-state index >= 15 is 0 Å². The Balaban J connectivity index is 2.45. The summed E-state index contributed by atoms with van der Waals surface area (Å²) in [6.45, 7) is 3.46. The number of rotatable bonds is 3. The SMILES string of the molecule is Cc1ccc(C#N)cc1NS(=O)(=O)c1ccc(N)cc1C. The maximum Gasteiger partial charge on any atom is 0.262 e. The van der Waals surface area contributed by atoms with Gasteiger partial charge in [-0.25, -0.2) is 8.42 Å². The Hall–Kier alpha value is -2.52. The van der Waals surface area contributed by atoms with Crippen molar-refractivity contribution in [3.05, 3.63) is 53.1 Å². The second kappa shape index (κ2) is 5.46. The largest absolute Gasteiger partial charge is 0.399 e. The molecule has 0 atom stereocenters. The molecular formula is C15H15N3O2S. The molecule has 0 aliphatic rings. The number of aryl methyl sites for hydroxylation is 2. The number of anilines is 2. The zero-order valence-corrected chi connectivity index (χ0v) is 12.5. The van der Waals surface area contributed by atoms with Crippen LogP contribution >= 0.6 is 0 Å². The van der Waals surface area contributed by atoms with Gasteiger partial charge in [-0.05, 0) is 55.3 Å². The molecule has 0 amide bonds. The fraction of sp³-hybridized carbons (Fsp3) is 0.133. The molecule has 21 heavy (non-hydrogen) atoms. The number of hydrogen-bond acceptors (Lipinski definition) is 4. The third-order valence-corrected chi connectivity index (χ3v) is 4.63. The predicted octanol–water partition coefficient (Wildman–Crippen LogP) is 2.56. The van der Waals surface area contributed by atoms with E-state index in [9.17, 15) is 8.42 Å². The summed E-state index contributed by atoms with van der Waals surface area (Å²) >= 11 is 0. The second-order valence-electron chi connectivity index (χ2n) is 4.77. The van der Waals surface area contributed by atoms with E-state index in [-0.39, 0.29) is 4.90 Å². The van der Waals surface area contributed by atoms with Gasteiger partial charge in [0, 0.05) is 5.69 Å². The third kappa shape index (κ3) is 3.15. The van der Waals surface area contributed by atoms with Gasteiger partial charge >= 0.3 is 0 Å². The summed E-state index contributed by atoms with van der Waals surface area (Å²) in [5, 5.41) is 8.90. The van der Waals surface area contributed by atoms with Crippen LogP contribution in [-0.4, -0.2) is 8.42 Å². The molecule has 0 radical (unpaired) electrons. The molecule has 0 saturated heterocycles. The minimum atomic E-state index is -3.72. The smallest absolute Gasteiger partial charge is 0.262 e. The van der Waals surface area contributed by atoms with Crippen molar-refractivity contribution in [2.24, 2.45) is 0 Å². The number of nitriles is 1. The average molecular weight is 301 g/mol. The van der Waals surface area contributed by atoms with Gasteiger partial charge in [0.1, 0.15) is 0 Å². The van der Waals surface area contributed by atoms with Crippen molar-refractivity contribution in [1.29, 1.82) is 5.26 Å². The Kier molecular flexibility index (Phi) is 3.87. The second-order valence-corrected chi connectivity index (χ2v) is 6.42. The van der Waals surface area contributed by atoms with E-state index < -0.39 is 10.0 Å². The molecule has 0 spiro atoms. The van der Waals surface area contributed by atoms with Crippen molar-refractivity contribution in [3.8, 4) is 6.07 Å². The first-order chi connectivity index (χ1) is 9.83. The Labute approximate surface area is 124 Å². The maximum absolute atomic E-state index is 12.5. The van der Waals surface area contributed by atoms with Crippen molar-refractivity contribution in [1.82, 2.24) is 0 Å². The lowest BCUT2D eigenvalue weighted by Gasteiger charge is -2.13. The highest BCUT2D eigenvalue weighted by atomic mass is 32.2. The third-order valence-electron chi connectivity index (χ3n) is 3.10. The Morgan fingerprint density at radius 1 is 1.10 bits per heavy atom. The van der Waals surface area contributed by atoms with Gasteiger partial charge in [-0.1, -0.05) is 6.07 Å². The molecule has 2 aromatic rings. The summed E-state index contributed by atoms with van der Waals surface area (Å²) < 4.78 is 27.4.